The maximum absolute atomic E-state index is 10.8. The molecule has 0 bridgehead atoms. The second-order valence-corrected chi connectivity index (χ2v) is 6.20. The molecule has 0 atom stereocenters. The van der Waals surface area contributed by atoms with Crippen molar-refractivity contribution in [3.63, 3.8) is 0 Å². The summed E-state index contributed by atoms with van der Waals surface area (Å²) in [5.41, 5.74) is 1.98. The Balaban J connectivity index is 2.54. The summed E-state index contributed by atoms with van der Waals surface area (Å²) in [7, 11) is 0. The van der Waals surface area contributed by atoms with Gasteiger partial charge in [0, 0.05) is 12.1 Å². The Kier molecular flexibility index (Phi) is 6.46. The SMILES string of the molecule is CCCNC(=S)/C(=C(\O)c1ccc(Cl)c(Cl)c1)c1ccccc1. The van der Waals surface area contributed by atoms with Crippen LogP contribution in [0.3, 0.4) is 0 Å². The van der Waals surface area contributed by atoms with Gasteiger partial charge in [-0.1, -0.05) is 72.7 Å². The third kappa shape index (κ3) is 4.47. The number of rotatable bonds is 5. The highest BCUT2D eigenvalue weighted by molar-refractivity contribution is 7.81. The Bertz CT molecular complexity index is 729. The van der Waals surface area contributed by atoms with Crippen molar-refractivity contribution >= 4 is 51.7 Å². The van der Waals surface area contributed by atoms with Crippen LogP contribution in [-0.4, -0.2) is 16.6 Å². The first-order chi connectivity index (χ1) is 11.0. The average Bonchev–Trinajstić information content (AvgIpc) is 2.56. The van der Waals surface area contributed by atoms with Gasteiger partial charge in [-0.3, -0.25) is 0 Å². The lowest BCUT2D eigenvalue weighted by Crippen LogP contribution is -2.24. The Morgan fingerprint density at radius 3 is 2.35 bits per heavy atom. The maximum Gasteiger partial charge on any atom is 0.133 e. The lowest BCUT2D eigenvalue weighted by molar-refractivity contribution is 0.514. The van der Waals surface area contributed by atoms with Crippen LogP contribution in [0.4, 0.5) is 0 Å². The monoisotopic (exact) mass is 365 g/mol. The van der Waals surface area contributed by atoms with E-state index in [0.29, 0.717) is 26.2 Å². The van der Waals surface area contributed by atoms with Crippen LogP contribution >= 0.6 is 35.4 Å². The molecule has 0 aliphatic rings. The van der Waals surface area contributed by atoms with Gasteiger partial charge in [0.25, 0.3) is 0 Å². The molecule has 0 fully saturated rings. The van der Waals surface area contributed by atoms with E-state index >= 15 is 0 Å². The molecule has 120 valence electrons. The number of nitrogens with one attached hydrogen (secondary N) is 1. The van der Waals surface area contributed by atoms with E-state index < -0.39 is 0 Å². The summed E-state index contributed by atoms with van der Waals surface area (Å²) in [6.45, 7) is 2.80. The second kappa shape index (κ2) is 8.34. The zero-order chi connectivity index (χ0) is 16.8. The van der Waals surface area contributed by atoms with E-state index in [2.05, 4.69) is 12.2 Å². The molecule has 0 aliphatic heterocycles. The number of aliphatic hydroxyl groups is 1. The fourth-order valence-corrected chi connectivity index (χ4v) is 2.71. The summed E-state index contributed by atoms with van der Waals surface area (Å²) in [6.07, 6.45) is 0.940. The van der Waals surface area contributed by atoms with Crippen LogP contribution in [0.5, 0.6) is 0 Å². The van der Waals surface area contributed by atoms with Crippen molar-refractivity contribution in [1.29, 1.82) is 0 Å². The predicted molar refractivity (Wildman–Crippen MR) is 103 cm³/mol. The third-order valence-electron chi connectivity index (χ3n) is 3.25. The first-order valence-corrected chi connectivity index (χ1v) is 8.43. The van der Waals surface area contributed by atoms with Crippen LogP contribution in [0.15, 0.2) is 48.5 Å². The van der Waals surface area contributed by atoms with Gasteiger partial charge in [-0.05, 0) is 30.2 Å². The molecule has 0 saturated carbocycles. The lowest BCUT2D eigenvalue weighted by Gasteiger charge is -2.15. The number of benzene rings is 2. The van der Waals surface area contributed by atoms with Crippen LogP contribution in [0.25, 0.3) is 11.3 Å². The number of halogens is 2. The predicted octanol–water partition coefficient (Wildman–Crippen LogP) is 5.75. The Morgan fingerprint density at radius 2 is 1.74 bits per heavy atom. The molecular weight excluding hydrogens is 349 g/mol. The first kappa shape index (κ1) is 17.8. The summed E-state index contributed by atoms with van der Waals surface area (Å²) >= 11 is 17.5. The molecule has 0 aromatic heterocycles. The van der Waals surface area contributed by atoms with Crippen molar-refractivity contribution < 1.29 is 5.11 Å². The molecule has 5 heteroatoms. The van der Waals surface area contributed by atoms with Gasteiger partial charge in [-0.15, -0.1) is 0 Å². The third-order valence-corrected chi connectivity index (χ3v) is 4.34. The highest BCUT2D eigenvalue weighted by Gasteiger charge is 2.16. The van der Waals surface area contributed by atoms with E-state index in [9.17, 15) is 5.11 Å². The smallest absolute Gasteiger partial charge is 0.133 e. The number of aliphatic hydroxyl groups excluding tert-OH is 1. The summed E-state index contributed by atoms with van der Waals surface area (Å²) in [5.74, 6) is 0.0726. The van der Waals surface area contributed by atoms with E-state index in [4.69, 9.17) is 35.4 Å². The van der Waals surface area contributed by atoms with Crippen molar-refractivity contribution in [3.8, 4) is 0 Å². The van der Waals surface area contributed by atoms with E-state index in [1.165, 1.54) is 0 Å². The van der Waals surface area contributed by atoms with Crippen molar-refractivity contribution in [2.24, 2.45) is 0 Å². The van der Waals surface area contributed by atoms with Gasteiger partial charge < -0.3 is 10.4 Å². The van der Waals surface area contributed by atoms with Gasteiger partial charge in [0.2, 0.25) is 0 Å². The van der Waals surface area contributed by atoms with E-state index in [1.807, 2.05) is 30.3 Å². The topological polar surface area (TPSA) is 32.3 Å². The number of hydrogen-bond donors (Lipinski definition) is 2. The standard InChI is InChI=1S/C18H17Cl2NOS/c1-2-10-21-18(23)16(12-6-4-3-5-7-12)17(22)13-8-9-14(19)15(20)11-13/h3-9,11,22H,2,10H2,1H3,(H,21,23)/b17-16-. The van der Waals surface area contributed by atoms with Crippen LogP contribution < -0.4 is 5.32 Å². The van der Waals surface area contributed by atoms with E-state index in [0.717, 1.165) is 18.5 Å². The molecule has 2 nitrogen and oxygen atoms in total. The lowest BCUT2D eigenvalue weighted by atomic mass is 10.0. The van der Waals surface area contributed by atoms with Gasteiger partial charge in [-0.25, -0.2) is 0 Å². The highest BCUT2D eigenvalue weighted by Crippen LogP contribution is 2.30. The Hall–Kier alpha value is -1.55. The molecule has 2 N–H and O–H groups in total. The molecule has 0 aliphatic carbocycles. The molecule has 2 rings (SSSR count). The zero-order valence-corrected chi connectivity index (χ0v) is 15.0. The van der Waals surface area contributed by atoms with Crippen LogP contribution in [0.1, 0.15) is 24.5 Å². The van der Waals surface area contributed by atoms with Crippen LogP contribution in [0.2, 0.25) is 10.0 Å². The van der Waals surface area contributed by atoms with Crippen molar-refractivity contribution in [2.45, 2.75) is 13.3 Å². The van der Waals surface area contributed by atoms with E-state index in [1.54, 1.807) is 18.2 Å². The second-order valence-electron chi connectivity index (χ2n) is 4.97. The minimum Gasteiger partial charge on any atom is -0.507 e. The largest absolute Gasteiger partial charge is 0.507 e. The molecule has 0 spiro atoms. The highest BCUT2D eigenvalue weighted by atomic mass is 35.5. The van der Waals surface area contributed by atoms with Gasteiger partial charge in [0.1, 0.15) is 10.7 Å². The Labute approximate surface area is 151 Å². The molecule has 2 aromatic rings. The molecule has 0 unspecified atom stereocenters. The summed E-state index contributed by atoms with van der Waals surface area (Å²) in [4.78, 5) is 0.502. The Morgan fingerprint density at radius 1 is 1.04 bits per heavy atom. The van der Waals surface area contributed by atoms with Gasteiger partial charge in [-0.2, -0.15) is 0 Å². The van der Waals surface area contributed by atoms with Crippen molar-refractivity contribution in [2.75, 3.05) is 6.54 Å². The van der Waals surface area contributed by atoms with Gasteiger partial charge in [0.15, 0.2) is 0 Å². The minimum absolute atomic E-state index is 0.0726. The van der Waals surface area contributed by atoms with E-state index in [-0.39, 0.29) is 5.76 Å². The maximum atomic E-state index is 10.8. The molecule has 0 radical (unpaired) electrons. The van der Waals surface area contributed by atoms with Crippen molar-refractivity contribution in [1.82, 2.24) is 5.32 Å². The normalized spacial score (nSPS) is 11.8. The summed E-state index contributed by atoms with van der Waals surface area (Å²) < 4.78 is 0. The minimum atomic E-state index is 0.0726. The average molecular weight is 366 g/mol. The molecule has 23 heavy (non-hydrogen) atoms. The fraction of sp³-hybridized carbons (Fsp3) is 0.167. The number of hydrogen-bond acceptors (Lipinski definition) is 2. The number of thiocarbonyl (C=S) groups is 1. The van der Waals surface area contributed by atoms with Crippen LogP contribution in [-0.2, 0) is 0 Å². The molecule has 0 amide bonds. The molecular formula is C18H17Cl2NOS. The molecule has 0 heterocycles. The molecule has 0 saturated heterocycles. The van der Waals surface area contributed by atoms with Gasteiger partial charge in [0.05, 0.1) is 15.6 Å². The zero-order valence-electron chi connectivity index (χ0n) is 12.6. The quantitative estimate of drug-likeness (QED) is 0.306. The van der Waals surface area contributed by atoms with Crippen LogP contribution in [0, 0.1) is 0 Å². The first-order valence-electron chi connectivity index (χ1n) is 7.27. The van der Waals surface area contributed by atoms with Crippen molar-refractivity contribution in [3.05, 3.63) is 69.7 Å². The summed E-state index contributed by atoms with van der Waals surface area (Å²) in [5, 5.41) is 14.8. The fourth-order valence-electron chi connectivity index (χ4n) is 2.09. The molecule has 2 aromatic carbocycles. The van der Waals surface area contributed by atoms with Gasteiger partial charge >= 0.3 is 0 Å². The summed E-state index contributed by atoms with van der Waals surface area (Å²) in [6, 6.07) is 14.5.